The van der Waals surface area contributed by atoms with Crippen molar-refractivity contribution in [3.05, 3.63) is 23.8 Å². The van der Waals surface area contributed by atoms with Crippen LogP contribution in [0.3, 0.4) is 0 Å². The number of hydrogen-bond acceptors (Lipinski definition) is 1. The highest BCUT2D eigenvalue weighted by Gasteiger charge is 1.97. The van der Waals surface area contributed by atoms with Crippen molar-refractivity contribution in [3.63, 3.8) is 0 Å². The molecular weight excluding hydrogens is 126 g/mol. The van der Waals surface area contributed by atoms with Crippen LogP contribution in [-0.2, 0) is 0 Å². The van der Waals surface area contributed by atoms with Crippen LogP contribution in [-0.4, -0.2) is 11.8 Å². The fourth-order valence-electron chi connectivity index (χ4n) is 0.765. The van der Waals surface area contributed by atoms with E-state index in [2.05, 4.69) is 11.7 Å². The van der Waals surface area contributed by atoms with Crippen LogP contribution in [0, 0.1) is 6.92 Å². The lowest BCUT2D eigenvalue weighted by molar-refractivity contribution is -0.342. The van der Waals surface area contributed by atoms with E-state index in [0.29, 0.717) is 5.75 Å². The van der Waals surface area contributed by atoms with Gasteiger partial charge in [0.2, 0.25) is 5.69 Å². The second kappa shape index (κ2) is 2.52. The van der Waals surface area contributed by atoms with Gasteiger partial charge in [-0.25, -0.2) is 4.99 Å². The molecule has 0 unspecified atom stereocenters. The molecule has 1 aromatic rings. The summed E-state index contributed by atoms with van der Waals surface area (Å²) in [6, 6.07) is 5.25. The number of benzene rings is 1. The summed E-state index contributed by atoms with van der Waals surface area (Å²) in [4.78, 5) is 2.73. The Hall–Kier alpha value is -1.31. The van der Waals surface area contributed by atoms with Crippen molar-refractivity contribution < 1.29 is 10.1 Å². The Bertz CT molecular complexity index is 255. The van der Waals surface area contributed by atoms with Gasteiger partial charge >= 0.3 is 0 Å². The smallest absolute Gasteiger partial charge is 0.203 e. The van der Waals surface area contributed by atoms with E-state index < -0.39 is 0 Å². The monoisotopic (exact) mass is 136 g/mol. The van der Waals surface area contributed by atoms with Crippen LogP contribution in [0.2, 0.25) is 0 Å². The molecule has 1 rings (SSSR count). The number of phenols is 1. The first-order valence-corrected chi connectivity index (χ1v) is 3.07. The highest BCUT2D eigenvalue weighted by Crippen LogP contribution is 2.16. The van der Waals surface area contributed by atoms with Crippen molar-refractivity contribution in [3.8, 4) is 5.75 Å². The minimum absolute atomic E-state index is 0.319. The molecular formula is C8H10NO+. The Kier molecular flexibility index (Phi) is 1.71. The second-order valence-corrected chi connectivity index (χ2v) is 2.18. The van der Waals surface area contributed by atoms with Crippen molar-refractivity contribution in [1.29, 1.82) is 0 Å². The molecule has 0 amide bonds. The van der Waals surface area contributed by atoms with Gasteiger partial charge in [0.1, 0.15) is 12.5 Å². The molecule has 0 atom stereocenters. The summed E-state index contributed by atoms with van der Waals surface area (Å²) in [5, 5.41) is 9.09. The van der Waals surface area contributed by atoms with E-state index in [9.17, 15) is 0 Å². The van der Waals surface area contributed by atoms with Gasteiger partial charge in [0.05, 0.1) is 0 Å². The number of aromatic hydroxyl groups is 1. The van der Waals surface area contributed by atoms with E-state index in [4.69, 9.17) is 5.11 Å². The van der Waals surface area contributed by atoms with Crippen molar-refractivity contribution >= 4 is 12.4 Å². The molecule has 0 aliphatic heterocycles. The summed E-state index contributed by atoms with van der Waals surface area (Å²) >= 11 is 0. The van der Waals surface area contributed by atoms with Crippen molar-refractivity contribution in [2.75, 3.05) is 0 Å². The molecule has 0 aliphatic rings. The number of hydrogen-bond donors (Lipinski definition) is 2. The van der Waals surface area contributed by atoms with Gasteiger partial charge < -0.3 is 5.11 Å². The van der Waals surface area contributed by atoms with E-state index in [0.717, 1.165) is 11.3 Å². The van der Waals surface area contributed by atoms with Crippen LogP contribution in [0.5, 0.6) is 5.75 Å². The average molecular weight is 136 g/mol. The van der Waals surface area contributed by atoms with E-state index in [1.54, 1.807) is 12.1 Å². The first-order chi connectivity index (χ1) is 4.74. The molecule has 0 saturated heterocycles. The summed E-state index contributed by atoms with van der Waals surface area (Å²) in [5.41, 5.74) is 1.77. The predicted octanol–water partition coefficient (Wildman–Crippen LogP) is 0.113. The highest BCUT2D eigenvalue weighted by molar-refractivity contribution is 5.42. The Morgan fingerprint density at radius 3 is 2.70 bits per heavy atom. The molecule has 2 nitrogen and oxygen atoms in total. The first-order valence-electron chi connectivity index (χ1n) is 3.07. The van der Waals surface area contributed by atoms with Crippen LogP contribution in [0.1, 0.15) is 5.56 Å². The summed E-state index contributed by atoms with van der Waals surface area (Å²) in [5.74, 6) is 0.319. The van der Waals surface area contributed by atoms with Crippen molar-refractivity contribution in [1.82, 2.24) is 0 Å². The molecule has 0 heterocycles. The second-order valence-electron chi connectivity index (χ2n) is 2.18. The molecule has 2 N–H and O–H groups in total. The van der Waals surface area contributed by atoms with Crippen LogP contribution in [0.4, 0.5) is 5.69 Å². The number of phenolic OH excluding ortho intramolecular Hbond substituents is 1. The fraction of sp³-hybridized carbons (Fsp3) is 0.125. The number of nitrogens with one attached hydrogen (secondary N) is 1. The Labute approximate surface area is 59.9 Å². The van der Waals surface area contributed by atoms with Gasteiger partial charge in [-0.2, -0.15) is 0 Å². The van der Waals surface area contributed by atoms with Gasteiger partial charge in [-0.3, -0.25) is 0 Å². The maximum atomic E-state index is 9.09. The van der Waals surface area contributed by atoms with Crippen LogP contribution < -0.4 is 4.99 Å². The topological polar surface area (TPSA) is 34.2 Å². The van der Waals surface area contributed by atoms with Gasteiger partial charge in [-0.05, 0) is 18.6 Å². The minimum atomic E-state index is 0.319. The molecule has 10 heavy (non-hydrogen) atoms. The van der Waals surface area contributed by atoms with Gasteiger partial charge in [0.25, 0.3) is 0 Å². The zero-order valence-corrected chi connectivity index (χ0v) is 5.89. The predicted molar refractivity (Wildman–Crippen MR) is 40.6 cm³/mol. The Morgan fingerprint density at radius 2 is 2.20 bits per heavy atom. The molecule has 0 aromatic heterocycles. The molecule has 2 heteroatoms. The zero-order valence-electron chi connectivity index (χ0n) is 5.89. The lowest BCUT2D eigenvalue weighted by Gasteiger charge is -1.94. The Morgan fingerprint density at radius 1 is 1.50 bits per heavy atom. The van der Waals surface area contributed by atoms with E-state index >= 15 is 0 Å². The molecule has 0 aliphatic carbocycles. The van der Waals surface area contributed by atoms with Gasteiger partial charge in [-0.1, -0.05) is 0 Å². The normalized spacial score (nSPS) is 9.30. The molecule has 0 saturated carbocycles. The van der Waals surface area contributed by atoms with Crippen LogP contribution in [0.15, 0.2) is 18.2 Å². The van der Waals surface area contributed by atoms with Crippen molar-refractivity contribution in [2.45, 2.75) is 6.92 Å². The molecule has 0 radical (unpaired) electrons. The zero-order chi connectivity index (χ0) is 7.56. The highest BCUT2D eigenvalue weighted by atomic mass is 16.3. The van der Waals surface area contributed by atoms with Gasteiger partial charge in [0.15, 0.2) is 0 Å². The van der Waals surface area contributed by atoms with E-state index in [1.165, 1.54) is 0 Å². The third-order valence-electron chi connectivity index (χ3n) is 1.40. The van der Waals surface area contributed by atoms with Crippen LogP contribution in [0.25, 0.3) is 0 Å². The van der Waals surface area contributed by atoms with Crippen LogP contribution >= 0.6 is 0 Å². The molecule has 0 bridgehead atoms. The van der Waals surface area contributed by atoms with Gasteiger partial charge in [0, 0.05) is 12.1 Å². The average Bonchev–Trinajstić information content (AvgIpc) is 1.95. The fourth-order valence-corrected chi connectivity index (χ4v) is 0.765. The third kappa shape index (κ3) is 1.16. The van der Waals surface area contributed by atoms with Crippen molar-refractivity contribution in [2.24, 2.45) is 0 Å². The molecule has 0 spiro atoms. The number of aryl methyl sites for hydroxylation is 1. The van der Waals surface area contributed by atoms with E-state index in [-0.39, 0.29) is 0 Å². The summed E-state index contributed by atoms with van der Waals surface area (Å²) < 4.78 is 0. The molecule has 1 aromatic carbocycles. The maximum Gasteiger partial charge on any atom is 0.203 e. The quantitative estimate of drug-likeness (QED) is 0.417. The maximum absolute atomic E-state index is 9.09. The molecule has 0 fully saturated rings. The third-order valence-corrected chi connectivity index (χ3v) is 1.40. The van der Waals surface area contributed by atoms with E-state index in [1.807, 2.05) is 13.0 Å². The Balaban J connectivity index is 3.16. The van der Waals surface area contributed by atoms with Gasteiger partial charge in [-0.15, -0.1) is 0 Å². The summed E-state index contributed by atoms with van der Waals surface area (Å²) in [6.45, 7) is 5.34. The largest absolute Gasteiger partial charge is 0.508 e. The first kappa shape index (κ1) is 6.81. The summed E-state index contributed by atoms with van der Waals surface area (Å²) in [7, 11) is 0. The summed E-state index contributed by atoms with van der Waals surface area (Å²) in [6.07, 6.45) is 0. The lowest BCUT2D eigenvalue weighted by Crippen LogP contribution is -2.57. The standard InChI is InChI=1S/C8H9NO/c1-6-5-7(9-2)3-4-8(6)10/h3-5,10H,2H2,1H3/p+1. The number of rotatable bonds is 1. The molecule has 52 valence electrons. The SMILES string of the molecule is C=[NH+]c1ccc(O)c(C)c1. The lowest BCUT2D eigenvalue weighted by atomic mass is 10.2. The minimum Gasteiger partial charge on any atom is -0.508 e.